The number of amides is 1. The number of hydrogen-bond donors (Lipinski definition) is 1. The molecule has 0 aromatic heterocycles. The number of nitrogens with one attached hydrogen (secondary N) is 1. The zero-order chi connectivity index (χ0) is 17.8. The van der Waals surface area contributed by atoms with E-state index >= 15 is 0 Å². The minimum atomic E-state index is -0.277. The lowest BCUT2D eigenvalue weighted by atomic mass is 9.70. The van der Waals surface area contributed by atoms with Gasteiger partial charge in [-0.25, -0.2) is 4.90 Å². The molecule has 1 aromatic rings. The van der Waals surface area contributed by atoms with Crippen molar-refractivity contribution >= 4 is 28.5 Å². The van der Waals surface area contributed by atoms with E-state index in [0.29, 0.717) is 0 Å². The van der Waals surface area contributed by atoms with Gasteiger partial charge in [0.2, 0.25) is 6.29 Å². The summed E-state index contributed by atoms with van der Waals surface area (Å²) in [5.41, 5.74) is 3.99. The van der Waals surface area contributed by atoms with Crippen LogP contribution in [0.4, 0.5) is 0 Å². The van der Waals surface area contributed by atoms with Gasteiger partial charge in [0.1, 0.15) is 0 Å². The molecular formula is C19H22N4OS. The standard InChI is InChI=1S/C19H22N4OS/c1-5-10-25-18-21-22(4)17-20-15-13-9-7-6-8-12(13)11-19(2,3)14(15)16(24)23(17)18/h5-9,17,20H,1,10-11H2,2-4H3. The van der Waals surface area contributed by atoms with Crippen LogP contribution < -0.4 is 5.32 Å². The fourth-order valence-corrected chi connectivity index (χ4v) is 4.62. The molecular weight excluding hydrogens is 332 g/mol. The normalized spacial score (nSPS) is 23.6. The monoisotopic (exact) mass is 354 g/mol. The molecule has 4 rings (SSSR count). The summed E-state index contributed by atoms with van der Waals surface area (Å²) in [5.74, 6) is 0.777. The Kier molecular flexibility index (Phi) is 3.68. The second kappa shape index (κ2) is 5.66. The predicted octanol–water partition coefficient (Wildman–Crippen LogP) is 2.83. The number of carbonyl (C=O) groups excluding carboxylic acids is 1. The largest absolute Gasteiger partial charge is 0.346 e. The van der Waals surface area contributed by atoms with Gasteiger partial charge in [-0.2, -0.15) is 0 Å². The Bertz CT molecular complexity index is 826. The maximum absolute atomic E-state index is 13.5. The van der Waals surface area contributed by atoms with E-state index in [4.69, 9.17) is 0 Å². The van der Waals surface area contributed by atoms with Crippen molar-refractivity contribution in [1.29, 1.82) is 0 Å². The molecule has 6 heteroatoms. The van der Waals surface area contributed by atoms with E-state index in [9.17, 15) is 4.79 Å². The van der Waals surface area contributed by atoms with Gasteiger partial charge in [-0.1, -0.05) is 56.0 Å². The molecule has 1 aromatic carbocycles. The smallest absolute Gasteiger partial charge is 0.261 e. The van der Waals surface area contributed by atoms with E-state index in [2.05, 4.69) is 49.0 Å². The summed E-state index contributed by atoms with van der Waals surface area (Å²) in [6, 6.07) is 8.34. The Morgan fingerprint density at radius 3 is 2.96 bits per heavy atom. The predicted molar refractivity (Wildman–Crippen MR) is 102 cm³/mol. The van der Waals surface area contributed by atoms with Gasteiger partial charge in [0.05, 0.1) is 5.70 Å². The molecule has 0 bridgehead atoms. The first kappa shape index (κ1) is 16.3. The SMILES string of the molecule is C=CCSC1=NN(C)C2NC3=C(C(=O)N12)C(C)(C)Cc1ccccc13. The zero-order valence-corrected chi connectivity index (χ0v) is 15.6. The number of benzene rings is 1. The van der Waals surface area contributed by atoms with E-state index in [0.717, 1.165) is 34.2 Å². The van der Waals surface area contributed by atoms with Gasteiger partial charge in [0.25, 0.3) is 5.91 Å². The summed E-state index contributed by atoms with van der Waals surface area (Å²) in [7, 11) is 1.89. The van der Waals surface area contributed by atoms with Crippen LogP contribution in [0, 0.1) is 5.41 Å². The zero-order valence-electron chi connectivity index (χ0n) is 14.7. The van der Waals surface area contributed by atoms with Crippen LogP contribution in [0.2, 0.25) is 0 Å². The van der Waals surface area contributed by atoms with Crippen LogP contribution in [0.3, 0.4) is 0 Å². The Balaban J connectivity index is 1.82. The van der Waals surface area contributed by atoms with Gasteiger partial charge in [0, 0.05) is 29.4 Å². The summed E-state index contributed by atoms with van der Waals surface area (Å²) < 4.78 is 0. The molecule has 0 saturated carbocycles. The lowest BCUT2D eigenvalue weighted by Gasteiger charge is -2.44. The van der Waals surface area contributed by atoms with Gasteiger partial charge >= 0.3 is 0 Å². The van der Waals surface area contributed by atoms with Gasteiger partial charge < -0.3 is 5.32 Å². The van der Waals surface area contributed by atoms with Crippen molar-refractivity contribution in [3.8, 4) is 0 Å². The highest BCUT2D eigenvalue weighted by Crippen LogP contribution is 2.45. The minimum absolute atomic E-state index is 0.0536. The van der Waals surface area contributed by atoms with Crippen molar-refractivity contribution in [3.05, 3.63) is 53.6 Å². The Labute approximate surface area is 152 Å². The molecule has 0 fully saturated rings. The van der Waals surface area contributed by atoms with Crippen molar-refractivity contribution in [2.45, 2.75) is 26.6 Å². The Morgan fingerprint density at radius 2 is 2.20 bits per heavy atom. The molecule has 1 amide bonds. The number of carbonyl (C=O) groups is 1. The minimum Gasteiger partial charge on any atom is -0.346 e. The summed E-state index contributed by atoms with van der Waals surface area (Å²) in [4.78, 5) is 15.2. The lowest BCUT2D eigenvalue weighted by molar-refractivity contribution is -0.128. The maximum Gasteiger partial charge on any atom is 0.261 e. The van der Waals surface area contributed by atoms with Gasteiger partial charge in [-0.3, -0.25) is 9.80 Å². The number of nitrogens with zero attached hydrogens (tertiary/aromatic N) is 3. The first-order valence-corrected chi connectivity index (χ1v) is 9.41. The van der Waals surface area contributed by atoms with Crippen LogP contribution in [0.15, 0.2) is 47.6 Å². The fourth-order valence-electron chi connectivity index (χ4n) is 3.85. The Hall–Kier alpha value is -2.21. The summed E-state index contributed by atoms with van der Waals surface area (Å²) in [6.07, 6.45) is 2.41. The van der Waals surface area contributed by atoms with Crippen LogP contribution in [0.25, 0.3) is 5.70 Å². The molecule has 3 aliphatic rings. The molecule has 25 heavy (non-hydrogen) atoms. The third kappa shape index (κ3) is 2.39. The number of amidine groups is 1. The molecule has 5 nitrogen and oxygen atoms in total. The van der Waals surface area contributed by atoms with Crippen LogP contribution in [-0.4, -0.2) is 40.1 Å². The van der Waals surface area contributed by atoms with E-state index in [1.54, 1.807) is 4.90 Å². The summed E-state index contributed by atoms with van der Waals surface area (Å²) in [5, 5.41) is 10.7. The van der Waals surface area contributed by atoms with Gasteiger partial charge in [-0.05, 0) is 12.0 Å². The number of rotatable bonds is 2. The molecule has 1 atom stereocenters. The topological polar surface area (TPSA) is 47.9 Å². The molecule has 0 saturated heterocycles. The molecule has 1 N–H and O–H groups in total. The van der Waals surface area contributed by atoms with Gasteiger partial charge in [-0.15, -0.1) is 11.7 Å². The highest BCUT2D eigenvalue weighted by molar-refractivity contribution is 8.13. The average molecular weight is 354 g/mol. The summed E-state index contributed by atoms with van der Waals surface area (Å²) >= 11 is 1.54. The average Bonchev–Trinajstić information content (AvgIpc) is 2.88. The van der Waals surface area contributed by atoms with Crippen LogP contribution >= 0.6 is 11.8 Å². The van der Waals surface area contributed by atoms with Crippen LogP contribution in [0.1, 0.15) is 25.0 Å². The number of hydrazone groups is 1. The Morgan fingerprint density at radius 1 is 1.44 bits per heavy atom. The second-order valence-corrected chi connectivity index (χ2v) is 8.20. The third-order valence-electron chi connectivity index (χ3n) is 4.93. The van der Waals surface area contributed by atoms with Crippen molar-refractivity contribution in [2.75, 3.05) is 12.8 Å². The lowest BCUT2D eigenvalue weighted by Crippen LogP contribution is -2.58. The first-order valence-electron chi connectivity index (χ1n) is 8.42. The van der Waals surface area contributed by atoms with Gasteiger partial charge in [0.15, 0.2) is 5.17 Å². The van der Waals surface area contributed by atoms with Crippen molar-refractivity contribution in [2.24, 2.45) is 10.5 Å². The highest BCUT2D eigenvalue weighted by Gasteiger charge is 2.49. The highest BCUT2D eigenvalue weighted by atomic mass is 32.2. The fraction of sp³-hybridized carbons (Fsp3) is 0.368. The number of thioether (sulfide) groups is 1. The maximum atomic E-state index is 13.5. The van der Waals surface area contributed by atoms with Crippen molar-refractivity contribution < 1.29 is 4.79 Å². The van der Waals surface area contributed by atoms with Crippen LogP contribution in [0.5, 0.6) is 0 Å². The second-order valence-electron chi connectivity index (χ2n) is 7.22. The number of fused-ring (bicyclic) bond motifs is 3. The molecule has 1 aliphatic carbocycles. The first-order chi connectivity index (χ1) is 11.9. The van der Waals surface area contributed by atoms with Crippen molar-refractivity contribution in [1.82, 2.24) is 15.2 Å². The molecule has 1 unspecified atom stereocenters. The third-order valence-corrected chi connectivity index (χ3v) is 5.87. The van der Waals surface area contributed by atoms with E-state index in [1.165, 1.54) is 17.3 Å². The quantitative estimate of drug-likeness (QED) is 0.830. The summed E-state index contributed by atoms with van der Waals surface area (Å²) in [6.45, 7) is 8.05. The molecule has 2 heterocycles. The van der Waals surface area contributed by atoms with Crippen LogP contribution in [-0.2, 0) is 11.2 Å². The van der Waals surface area contributed by atoms with Crippen molar-refractivity contribution in [3.63, 3.8) is 0 Å². The van der Waals surface area contributed by atoms with E-state index in [-0.39, 0.29) is 17.6 Å². The molecule has 2 aliphatic heterocycles. The molecule has 130 valence electrons. The molecule has 0 radical (unpaired) electrons. The van der Waals surface area contributed by atoms with E-state index < -0.39 is 0 Å². The number of hydrogen-bond acceptors (Lipinski definition) is 5. The molecule has 0 spiro atoms. The van der Waals surface area contributed by atoms with E-state index in [1.807, 2.05) is 24.2 Å².